The molecule has 1 aromatic carbocycles. The van der Waals surface area contributed by atoms with Gasteiger partial charge in [-0.1, -0.05) is 13.0 Å². The number of thioether (sulfide) groups is 1. The first-order valence-electron chi connectivity index (χ1n) is 7.63. The molecule has 1 aliphatic rings. The van der Waals surface area contributed by atoms with Gasteiger partial charge in [0, 0.05) is 36.5 Å². The van der Waals surface area contributed by atoms with Crippen LogP contribution in [0, 0.1) is 0 Å². The second-order valence-corrected chi connectivity index (χ2v) is 6.44. The average molecular weight is 320 g/mol. The van der Waals surface area contributed by atoms with Crippen molar-refractivity contribution in [1.82, 2.24) is 9.88 Å². The molecule has 0 saturated carbocycles. The van der Waals surface area contributed by atoms with Crippen LogP contribution in [0.4, 0.5) is 0 Å². The highest BCUT2D eigenvalue weighted by Crippen LogP contribution is 2.26. The minimum absolute atomic E-state index is 0.508. The Morgan fingerprint density at radius 2 is 2.18 bits per heavy atom. The molecular weight excluding hydrogens is 300 g/mol. The first-order chi connectivity index (χ1) is 10.8. The zero-order valence-electron chi connectivity index (χ0n) is 12.7. The van der Waals surface area contributed by atoms with Crippen LogP contribution < -0.4 is 10.5 Å². The summed E-state index contributed by atoms with van der Waals surface area (Å²) in [6, 6.07) is 5.67. The molecule has 0 amide bonds. The standard InChI is InChI=1S/C16H20N2O3S/c1-2-13-12-4-3-5-14(15(12)21-16(19)17-13)20-9-6-18-7-10-22-11-8-18/h3-5H,2,6-11H2,1H3. The van der Waals surface area contributed by atoms with Gasteiger partial charge in [-0.05, 0) is 18.6 Å². The molecule has 1 aromatic heterocycles. The van der Waals surface area contributed by atoms with Crippen molar-refractivity contribution >= 4 is 22.7 Å². The normalized spacial score (nSPS) is 16.0. The third-order valence-electron chi connectivity index (χ3n) is 3.81. The van der Waals surface area contributed by atoms with E-state index in [-0.39, 0.29) is 0 Å². The summed E-state index contributed by atoms with van der Waals surface area (Å²) in [6.07, 6.45) is 0.691. The van der Waals surface area contributed by atoms with Crippen molar-refractivity contribution in [2.75, 3.05) is 37.7 Å². The van der Waals surface area contributed by atoms with Crippen LogP contribution in [-0.4, -0.2) is 47.6 Å². The lowest BCUT2D eigenvalue weighted by molar-refractivity contribution is 0.222. The Hall–Kier alpha value is -1.53. The van der Waals surface area contributed by atoms with Gasteiger partial charge >= 0.3 is 5.76 Å². The summed E-state index contributed by atoms with van der Waals surface area (Å²) in [6.45, 7) is 5.69. The van der Waals surface area contributed by atoms with Crippen LogP contribution in [0.3, 0.4) is 0 Å². The molecule has 1 saturated heterocycles. The molecule has 0 atom stereocenters. The number of rotatable bonds is 5. The molecule has 0 aliphatic carbocycles. The lowest BCUT2D eigenvalue weighted by Crippen LogP contribution is -2.35. The highest BCUT2D eigenvalue weighted by molar-refractivity contribution is 7.99. The maximum absolute atomic E-state index is 11.6. The summed E-state index contributed by atoms with van der Waals surface area (Å²) in [4.78, 5) is 17.9. The van der Waals surface area contributed by atoms with E-state index in [1.54, 1.807) is 0 Å². The Kier molecular flexibility index (Phi) is 5.00. The van der Waals surface area contributed by atoms with E-state index in [1.807, 2.05) is 36.9 Å². The second kappa shape index (κ2) is 7.15. The van der Waals surface area contributed by atoms with Crippen LogP contribution in [0.5, 0.6) is 5.75 Å². The molecule has 0 N–H and O–H groups in total. The monoisotopic (exact) mass is 320 g/mol. The fraction of sp³-hybridized carbons (Fsp3) is 0.500. The van der Waals surface area contributed by atoms with Gasteiger partial charge in [0.1, 0.15) is 6.61 Å². The third-order valence-corrected chi connectivity index (χ3v) is 4.75. The van der Waals surface area contributed by atoms with Gasteiger partial charge in [-0.3, -0.25) is 4.90 Å². The number of aryl methyl sites for hydroxylation is 1. The maximum atomic E-state index is 11.6. The number of benzene rings is 1. The van der Waals surface area contributed by atoms with Gasteiger partial charge in [0.15, 0.2) is 11.3 Å². The molecule has 1 aliphatic heterocycles. The van der Waals surface area contributed by atoms with E-state index in [9.17, 15) is 4.79 Å². The molecule has 2 heterocycles. The van der Waals surface area contributed by atoms with Crippen molar-refractivity contribution in [3.8, 4) is 5.75 Å². The van der Waals surface area contributed by atoms with Crippen LogP contribution in [0.1, 0.15) is 12.6 Å². The zero-order valence-corrected chi connectivity index (χ0v) is 13.5. The minimum atomic E-state index is -0.562. The SMILES string of the molecule is CCc1nc(=O)oc2c(OCCN3CCSCC3)cccc12. The summed E-state index contributed by atoms with van der Waals surface area (Å²) in [5.41, 5.74) is 1.26. The van der Waals surface area contributed by atoms with Gasteiger partial charge < -0.3 is 9.15 Å². The van der Waals surface area contributed by atoms with E-state index in [1.165, 1.54) is 11.5 Å². The molecule has 2 aromatic rings. The van der Waals surface area contributed by atoms with Crippen molar-refractivity contribution in [2.24, 2.45) is 0 Å². The zero-order chi connectivity index (χ0) is 15.4. The lowest BCUT2D eigenvalue weighted by atomic mass is 10.1. The van der Waals surface area contributed by atoms with Gasteiger partial charge in [0.25, 0.3) is 0 Å². The van der Waals surface area contributed by atoms with Gasteiger partial charge in [-0.25, -0.2) is 4.79 Å². The fourth-order valence-corrected chi connectivity index (χ4v) is 3.60. The first kappa shape index (κ1) is 15.4. The lowest BCUT2D eigenvalue weighted by Gasteiger charge is -2.25. The Morgan fingerprint density at radius 1 is 1.36 bits per heavy atom. The average Bonchev–Trinajstić information content (AvgIpc) is 2.55. The molecule has 0 unspecified atom stereocenters. The third kappa shape index (κ3) is 3.44. The predicted octanol–water partition coefficient (Wildman–Crippen LogP) is 2.18. The van der Waals surface area contributed by atoms with Gasteiger partial charge in [0.2, 0.25) is 0 Å². The molecule has 0 radical (unpaired) electrons. The van der Waals surface area contributed by atoms with Crippen LogP contribution in [0.25, 0.3) is 11.0 Å². The number of aromatic nitrogens is 1. The summed E-state index contributed by atoms with van der Waals surface area (Å²) >= 11 is 2.00. The number of para-hydroxylation sites is 1. The predicted molar refractivity (Wildman–Crippen MR) is 88.9 cm³/mol. The molecule has 5 nitrogen and oxygen atoms in total. The largest absolute Gasteiger partial charge is 0.488 e. The van der Waals surface area contributed by atoms with Crippen molar-refractivity contribution in [1.29, 1.82) is 0 Å². The summed E-state index contributed by atoms with van der Waals surface area (Å²) < 4.78 is 11.1. The number of ether oxygens (including phenoxy) is 1. The molecule has 0 spiro atoms. The second-order valence-electron chi connectivity index (χ2n) is 5.22. The van der Waals surface area contributed by atoms with Crippen LogP contribution in [-0.2, 0) is 6.42 Å². The van der Waals surface area contributed by atoms with E-state index in [2.05, 4.69) is 9.88 Å². The highest BCUT2D eigenvalue weighted by atomic mass is 32.2. The van der Waals surface area contributed by atoms with Crippen molar-refractivity contribution in [3.05, 3.63) is 34.4 Å². The van der Waals surface area contributed by atoms with Crippen LogP contribution in [0.15, 0.2) is 27.4 Å². The smallest absolute Gasteiger partial charge is 0.439 e. The van der Waals surface area contributed by atoms with E-state index in [0.29, 0.717) is 24.4 Å². The van der Waals surface area contributed by atoms with E-state index >= 15 is 0 Å². The highest BCUT2D eigenvalue weighted by Gasteiger charge is 2.13. The number of fused-ring (bicyclic) bond motifs is 1. The molecular formula is C16H20N2O3S. The fourth-order valence-electron chi connectivity index (χ4n) is 2.62. The number of hydrogen-bond donors (Lipinski definition) is 0. The molecule has 22 heavy (non-hydrogen) atoms. The van der Waals surface area contributed by atoms with Gasteiger partial charge in [-0.15, -0.1) is 0 Å². The molecule has 118 valence electrons. The quantitative estimate of drug-likeness (QED) is 0.842. The summed E-state index contributed by atoms with van der Waals surface area (Å²) in [5, 5.41) is 0.856. The van der Waals surface area contributed by atoms with Crippen molar-refractivity contribution in [3.63, 3.8) is 0 Å². The summed E-state index contributed by atoms with van der Waals surface area (Å²) in [5.74, 6) is 2.44. The Balaban J connectivity index is 1.75. The Labute approximate surface area is 133 Å². The van der Waals surface area contributed by atoms with E-state index in [0.717, 1.165) is 30.7 Å². The first-order valence-corrected chi connectivity index (χ1v) is 8.79. The molecule has 0 bridgehead atoms. The number of nitrogens with zero attached hydrogens (tertiary/aromatic N) is 2. The van der Waals surface area contributed by atoms with E-state index in [4.69, 9.17) is 9.15 Å². The topological polar surface area (TPSA) is 55.6 Å². The van der Waals surface area contributed by atoms with Crippen LogP contribution in [0.2, 0.25) is 0 Å². The molecule has 6 heteroatoms. The molecule has 1 fully saturated rings. The van der Waals surface area contributed by atoms with Crippen LogP contribution >= 0.6 is 11.8 Å². The maximum Gasteiger partial charge on any atom is 0.439 e. The summed E-state index contributed by atoms with van der Waals surface area (Å²) in [7, 11) is 0. The van der Waals surface area contributed by atoms with Crippen molar-refractivity contribution in [2.45, 2.75) is 13.3 Å². The number of hydrogen-bond acceptors (Lipinski definition) is 6. The van der Waals surface area contributed by atoms with Gasteiger partial charge in [0.05, 0.1) is 5.69 Å². The Bertz CT molecular complexity index is 695. The molecule has 3 rings (SSSR count). The Morgan fingerprint density at radius 3 is 2.95 bits per heavy atom. The van der Waals surface area contributed by atoms with E-state index < -0.39 is 5.76 Å². The van der Waals surface area contributed by atoms with Gasteiger partial charge in [-0.2, -0.15) is 16.7 Å². The minimum Gasteiger partial charge on any atom is -0.488 e. The van der Waals surface area contributed by atoms with Crippen molar-refractivity contribution < 1.29 is 9.15 Å².